The Hall–Kier alpha value is -2.89. The number of anilines is 1. The summed E-state index contributed by atoms with van der Waals surface area (Å²) >= 11 is 0. The molecule has 136 valence electrons. The molecule has 1 amide bonds. The fourth-order valence-corrected chi connectivity index (χ4v) is 3.05. The summed E-state index contributed by atoms with van der Waals surface area (Å²) in [5.41, 5.74) is 2.59. The third-order valence-electron chi connectivity index (χ3n) is 4.70. The number of carbonyl (C=O) groups is 2. The van der Waals surface area contributed by atoms with Crippen molar-refractivity contribution in [2.75, 3.05) is 31.1 Å². The number of aromatic carboxylic acids is 1. The van der Waals surface area contributed by atoms with Gasteiger partial charge in [0.05, 0.1) is 5.56 Å². The molecule has 1 N–H and O–H groups in total. The molecule has 1 aliphatic heterocycles. The van der Waals surface area contributed by atoms with Crippen molar-refractivity contribution in [2.24, 2.45) is 0 Å². The highest BCUT2D eigenvalue weighted by Crippen LogP contribution is 2.15. The molecular weight excluding hydrogens is 330 g/mol. The average Bonchev–Trinajstić information content (AvgIpc) is 2.67. The Balaban J connectivity index is 1.48. The fraction of sp³-hybridized carbons (Fsp3) is 0.350. The van der Waals surface area contributed by atoms with Gasteiger partial charge >= 0.3 is 5.97 Å². The van der Waals surface area contributed by atoms with Crippen LogP contribution in [0.25, 0.3) is 0 Å². The molecule has 1 saturated heterocycles. The molecule has 0 spiro atoms. The first-order chi connectivity index (χ1) is 12.5. The first kappa shape index (κ1) is 17.9. The van der Waals surface area contributed by atoms with Gasteiger partial charge in [0.25, 0.3) is 0 Å². The number of hydrogen-bond donors (Lipinski definition) is 1. The van der Waals surface area contributed by atoms with Crippen molar-refractivity contribution in [1.29, 1.82) is 0 Å². The van der Waals surface area contributed by atoms with Gasteiger partial charge in [-0.25, -0.2) is 9.78 Å². The topological polar surface area (TPSA) is 73.7 Å². The number of carboxylic acids is 1. The van der Waals surface area contributed by atoms with Crippen molar-refractivity contribution in [2.45, 2.75) is 19.8 Å². The van der Waals surface area contributed by atoms with Crippen molar-refractivity contribution in [3.63, 3.8) is 0 Å². The van der Waals surface area contributed by atoms with Crippen LogP contribution in [-0.4, -0.2) is 53.0 Å². The highest BCUT2D eigenvalue weighted by molar-refractivity contribution is 5.87. The molecular formula is C20H23N3O3. The monoisotopic (exact) mass is 353 g/mol. The Morgan fingerprint density at radius 3 is 2.31 bits per heavy atom. The molecule has 3 rings (SSSR count). The first-order valence-corrected chi connectivity index (χ1v) is 8.80. The molecule has 0 aliphatic carbocycles. The minimum Gasteiger partial charge on any atom is -0.478 e. The van der Waals surface area contributed by atoms with Crippen molar-refractivity contribution < 1.29 is 14.7 Å². The molecule has 0 atom stereocenters. The van der Waals surface area contributed by atoms with Crippen LogP contribution in [0.3, 0.4) is 0 Å². The Bertz CT molecular complexity index is 764. The zero-order valence-electron chi connectivity index (χ0n) is 14.9. The maximum absolute atomic E-state index is 12.4. The second-order valence-electron chi connectivity index (χ2n) is 6.56. The number of carboxylic acid groups (broad SMARTS) is 1. The van der Waals surface area contributed by atoms with Gasteiger partial charge < -0.3 is 14.9 Å². The van der Waals surface area contributed by atoms with E-state index in [1.807, 2.05) is 4.90 Å². The molecule has 0 radical (unpaired) electrons. The van der Waals surface area contributed by atoms with E-state index in [-0.39, 0.29) is 11.5 Å². The lowest BCUT2D eigenvalue weighted by Gasteiger charge is -2.35. The first-order valence-electron chi connectivity index (χ1n) is 8.80. The molecule has 1 aromatic heterocycles. The van der Waals surface area contributed by atoms with Gasteiger partial charge in [-0.05, 0) is 31.0 Å². The van der Waals surface area contributed by atoms with E-state index in [9.17, 15) is 9.59 Å². The van der Waals surface area contributed by atoms with Gasteiger partial charge in [-0.1, -0.05) is 29.8 Å². The van der Waals surface area contributed by atoms with Crippen LogP contribution >= 0.6 is 0 Å². The van der Waals surface area contributed by atoms with Gasteiger partial charge in [-0.2, -0.15) is 0 Å². The van der Waals surface area contributed by atoms with E-state index in [2.05, 4.69) is 41.1 Å². The lowest BCUT2D eigenvalue weighted by atomic mass is 10.1. The largest absolute Gasteiger partial charge is 0.478 e. The molecule has 0 saturated carbocycles. The quantitative estimate of drug-likeness (QED) is 0.893. The van der Waals surface area contributed by atoms with Crippen LogP contribution in [0.5, 0.6) is 0 Å². The molecule has 1 aromatic carbocycles. The molecule has 6 heteroatoms. The fourth-order valence-electron chi connectivity index (χ4n) is 3.05. The lowest BCUT2D eigenvalue weighted by Crippen LogP contribution is -2.49. The Morgan fingerprint density at radius 1 is 1.04 bits per heavy atom. The number of hydrogen-bond acceptors (Lipinski definition) is 4. The number of aromatic nitrogens is 1. The Labute approximate surface area is 153 Å². The van der Waals surface area contributed by atoms with Gasteiger partial charge in [0, 0.05) is 38.8 Å². The minimum absolute atomic E-state index is 0.179. The van der Waals surface area contributed by atoms with Crippen molar-refractivity contribution in [1.82, 2.24) is 9.88 Å². The molecule has 0 bridgehead atoms. The number of carbonyl (C=O) groups excluding carboxylic acids is 1. The SMILES string of the molecule is Cc1ccc(CCC(=O)N2CCN(c3ccc(C(=O)O)cn3)CC2)cc1. The summed E-state index contributed by atoms with van der Waals surface area (Å²) in [4.78, 5) is 31.5. The molecule has 6 nitrogen and oxygen atoms in total. The van der Waals surface area contributed by atoms with Gasteiger partial charge in [0.1, 0.15) is 5.82 Å². The van der Waals surface area contributed by atoms with Crippen LogP contribution in [0, 0.1) is 6.92 Å². The summed E-state index contributed by atoms with van der Waals surface area (Å²) in [5.74, 6) is -0.0470. The third kappa shape index (κ3) is 4.39. The van der Waals surface area contributed by atoms with E-state index in [0.29, 0.717) is 32.6 Å². The van der Waals surface area contributed by atoms with Crippen LogP contribution in [-0.2, 0) is 11.2 Å². The Kier molecular flexibility index (Phi) is 5.51. The normalized spacial score (nSPS) is 14.3. The molecule has 2 heterocycles. The van der Waals surface area contributed by atoms with E-state index >= 15 is 0 Å². The molecule has 1 aliphatic rings. The molecule has 26 heavy (non-hydrogen) atoms. The van der Waals surface area contributed by atoms with Gasteiger partial charge in [0.15, 0.2) is 0 Å². The maximum Gasteiger partial charge on any atom is 0.337 e. The highest BCUT2D eigenvalue weighted by atomic mass is 16.4. The Morgan fingerprint density at radius 2 is 1.73 bits per heavy atom. The number of benzene rings is 1. The van der Waals surface area contributed by atoms with Crippen LogP contribution < -0.4 is 4.90 Å². The average molecular weight is 353 g/mol. The van der Waals surface area contributed by atoms with Crippen molar-refractivity contribution in [3.05, 3.63) is 59.3 Å². The highest BCUT2D eigenvalue weighted by Gasteiger charge is 2.21. The smallest absolute Gasteiger partial charge is 0.337 e. The summed E-state index contributed by atoms with van der Waals surface area (Å²) in [6, 6.07) is 11.6. The summed E-state index contributed by atoms with van der Waals surface area (Å²) in [6.45, 7) is 4.79. The minimum atomic E-state index is -0.979. The molecule has 1 fully saturated rings. The van der Waals surface area contributed by atoms with Crippen LogP contribution in [0.15, 0.2) is 42.6 Å². The van der Waals surface area contributed by atoms with Gasteiger partial charge in [-0.3, -0.25) is 4.79 Å². The lowest BCUT2D eigenvalue weighted by molar-refractivity contribution is -0.131. The number of nitrogens with zero attached hydrogens (tertiary/aromatic N) is 3. The standard InChI is InChI=1S/C20H23N3O3/c1-15-2-4-16(5-3-15)6-9-19(24)23-12-10-22(11-13-23)18-8-7-17(14-21-18)20(25)26/h2-5,7-8,14H,6,9-13H2,1H3,(H,25,26). The van der Waals surface area contributed by atoms with E-state index in [0.717, 1.165) is 12.2 Å². The summed E-state index contributed by atoms with van der Waals surface area (Å²) in [6.07, 6.45) is 2.66. The predicted molar refractivity (Wildman–Crippen MR) is 99.5 cm³/mol. The van der Waals surface area contributed by atoms with Gasteiger partial charge in [-0.15, -0.1) is 0 Å². The number of rotatable bonds is 5. The number of piperazine rings is 1. The van der Waals surface area contributed by atoms with E-state index in [1.54, 1.807) is 12.1 Å². The summed E-state index contributed by atoms with van der Waals surface area (Å²) in [7, 11) is 0. The third-order valence-corrected chi connectivity index (χ3v) is 4.70. The van der Waals surface area contributed by atoms with E-state index in [4.69, 9.17) is 5.11 Å². The van der Waals surface area contributed by atoms with E-state index in [1.165, 1.54) is 17.3 Å². The predicted octanol–water partition coefficient (Wildman–Crippen LogP) is 2.37. The van der Waals surface area contributed by atoms with Crippen LogP contribution in [0.4, 0.5) is 5.82 Å². The van der Waals surface area contributed by atoms with Crippen molar-refractivity contribution in [3.8, 4) is 0 Å². The van der Waals surface area contributed by atoms with Crippen LogP contribution in [0.2, 0.25) is 0 Å². The maximum atomic E-state index is 12.4. The zero-order chi connectivity index (χ0) is 18.5. The second-order valence-corrected chi connectivity index (χ2v) is 6.56. The van der Waals surface area contributed by atoms with Crippen molar-refractivity contribution >= 4 is 17.7 Å². The zero-order valence-corrected chi connectivity index (χ0v) is 14.9. The van der Waals surface area contributed by atoms with Gasteiger partial charge in [0.2, 0.25) is 5.91 Å². The summed E-state index contributed by atoms with van der Waals surface area (Å²) in [5, 5.41) is 8.93. The second kappa shape index (κ2) is 7.99. The number of pyridine rings is 1. The number of aryl methyl sites for hydroxylation is 2. The number of amides is 1. The van der Waals surface area contributed by atoms with E-state index < -0.39 is 5.97 Å². The summed E-state index contributed by atoms with van der Waals surface area (Å²) < 4.78 is 0. The molecule has 0 unspecified atom stereocenters. The van der Waals surface area contributed by atoms with Crippen LogP contribution in [0.1, 0.15) is 27.9 Å². The molecule has 2 aromatic rings.